The first-order valence-corrected chi connectivity index (χ1v) is 7.54. The summed E-state index contributed by atoms with van der Waals surface area (Å²) in [5.41, 5.74) is 2.67. The average Bonchev–Trinajstić information content (AvgIpc) is 2.62. The Morgan fingerprint density at radius 2 is 1.91 bits per heavy atom. The smallest absolute Gasteiger partial charge is 0.140 e. The van der Waals surface area contributed by atoms with Crippen LogP contribution < -0.4 is 4.90 Å². The van der Waals surface area contributed by atoms with Crippen molar-refractivity contribution >= 4 is 5.69 Å². The molecule has 3 rings (SSSR count). The van der Waals surface area contributed by atoms with E-state index in [4.69, 9.17) is 5.26 Å². The van der Waals surface area contributed by atoms with Gasteiger partial charge in [-0.2, -0.15) is 5.26 Å². The molecule has 2 aromatic rings. The summed E-state index contributed by atoms with van der Waals surface area (Å²) in [5, 5.41) is 8.80. The normalized spacial score (nSPS) is 17.0. The van der Waals surface area contributed by atoms with Gasteiger partial charge in [-0.05, 0) is 31.2 Å². The van der Waals surface area contributed by atoms with E-state index in [2.05, 4.69) is 38.8 Å². The van der Waals surface area contributed by atoms with Crippen LogP contribution >= 0.6 is 0 Å². The quantitative estimate of drug-likeness (QED) is 0.868. The molecule has 1 unspecified atom stereocenters. The van der Waals surface area contributed by atoms with E-state index in [-0.39, 0.29) is 0 Å². The Morgan fingerprint density at radius 3 is 2.50 bits per heavy atom. The lowest BCUT2D eigenvalue weighted by molar-refractivity contribution is 0.195. The third kappa shape index (κ3) is 3.07. The van der Waals surface area contributed by atoms with Gasteiger partial charge in [0.15, 0.2) is 0 Å². The Bertz CT molecular complexity index is 639. The summed E-state index contributed by atoms with van der Waals surface area (Å²) in [5.74, 6) is 0. The summed E-state index contributed by atoms with van der Waals surface area (Å²) >= 11 is 0. The maximum absolute atomic E-state index is 8.80. The van der Waals surface area contributed by atoms with Crippen LogP contribution in [-0.4, -0.2) is 41.0 Å². The maximum Gasteiger partial charge on any atom is 0.140 e. The van der Waals surface area contributed by atoms with Gasteiger partial charge in [0.05, 0.1) is 17.6 Å². The van der Waals surface area contributed by atoms with Gasteiger partial charge in [0.1, 0.15) is 11.8 Å². The van der Waals surface area contributed by atoms with Crippen molar-refractivity contribution in [3.05, 3.63) is 54.1 Å². The molecule has 1 fully saturated rings. The summed E-state index contributed by atoms with van der Waals surface area (Å²) in [6, 6.07) is 12.2. The molecule has 1 aliphatic rings. The average molecular weight is 293 g/mol. The highest BCUT2D eigenvalue weighted by atomic mass is 15.3. The molecule has 0 radical (unpaired) electrons. The molecule has 0 saturated carbocycles. The highest BCUT2D eigenvalue weighted by molar-refractivity contribution is 5.46. The summed E-state index contributed by atoms with van der Waals surface area (Å²) in [6.07, 6.45) is 3.64. The zero-order valence-corrected chi connectivity index (χ0v) is 12.7. The van der Waals surface area contributed by atoms with E-state index >= 15 is 0 Å². The fourth-order valence-electron chi connectivity index (χ4n) is 2.82. The molecule has 0 aliphatic carbocycles. The minimum atomic E-state index is 0.336. The topological polar surface area (TPSA) is 56.1 Å². The zero-order valence-electron chi connectivity index (χ0n) is 12.7. The first-order chi connectivity index (χ1) is 10.8. The van der Waals surface area contributed by atoms with Gasteiger partial charge in [-0.3, -0.25) is 9.88 Å². The maximum atomic E-state index is 8.80. The molecular formula is C17H19N5. The third-order valence-electron chi connectivity index (χ3n) is 4.21. The molecule has 0 aromatic carbocycles. The van der Waals surface area contributed by atoms with Gasteiger partial charge >= 0.3 is 0 Å². The van der Waals surface area contributed by atoms with Crippen molar-refractivity contribution in [2.24, 2.45) is 0 Å². The van der Waals surface area contributed by atoms with Crippen LogP contribution in [0.4, 0.5) is 5.69 Å². The van der Waals surface area contributed by atoms with Gasteiger partial charge in [-0.1, -0.05) is 6.07 Å². The van der Waals surface area contributed by atoms with Crippen LogP contribution in [0.1, 0.15) is 24.4 Å². The van der Waals surface area contributed by atoms with E-state index in [1.165, 1.54) is 0 Å². The van der Waals surface area contributed by atoms with Gasteiger partial charge in [-0.25, -0.2) is 4.98 Å². The van der Waals surface area contributed by atoms with Gasteiger partial charge in [-0.15, -0.1) is 0 Å². The van der Waals surface area contributed by atoms with Crippen LogP contribution in [0, 0.1) is 11.3 Å². The van der Waals surface area contributed by atoms with Crippen LogP contribution in [0.2, 0.25) is 0 Å². The lowest BCUT2D eigenvalue weighted by atomic mass is 10.1. The van der Waals surface area contributed by atoms with Crippen LogP contribution in [0.15, 0.2) is 42.7 Å². The van der Waals surface area contributed by atoms with Gasteiger partial charge in [0.25, 0.3) is 0 Å². The second-order valence-corrected chi connectivity index (χ2v) is 5.47. The largest absolute Gasteiger partial charge is 0.368 e. The highest BCUT2D eigenvalue weighted by Gasteiger charge is 2.22. The molecule has 22 heavy (non-hydrogen) atoms. The van der Waals surface area contributed by atoms with Crippen molar-refractivity contribution in [2.75, 3.05) is 31.1 Å². The number of nitrogens with zero attached hydrogens (tertiary/aromatic N) is 5. The van der Waals surface area contributed by atoms with Crippen LogP contribution in [0.5, 0.6) is 0 Å². The number of rotatable bonds is 3. The Kier molecular flexibility index (Phi) is 4.31. The van der Waals surface area contributed by atoms with E-state index < -0.39 is 0 Å². The minimum Gasteiger partial charge on any atom is -0.368 e. The first kappa shape index (κ1) is 14.5. The van der Waals surface area contributed by atoms with Crippen LogP contribution in [0.25, 0.3) is 0 Å². The summed E-state index contributed by atoms with van der Waals surface area (Å²) in [7, 11) is 0. The zero-order chi connectivity index (χ0) is 15.4. The van der Waals surface area contributed by atoms with E-state index in [0.29, 0.717) is 11.7 Å². The van der Waals surface area contributed by atoms with Crippen LogP contribution in [-0.2, 0) is 0 Å². The fraction of sp³-hybridized carbons (Fsp3) is 0.353. The molecule has 0 N–H and O–H groups in total. The number of aromatic nitrogens is 2. The third-order valence-corrected chi connectivity index (χ3v) is 4.21. The first-order valence-electron chi connectivity index (χ1n) is 7.54. The standard InChI is InChI=1S/C17H19N5/c1-14(17-4-2-3-7-19-17)21-8-10-22(11-9-21)16-6-5-15(12-18)20-13-16/h2-7,13-14H,8-11H2,1H3. The predicted molar refractivity (Wildman–Crippen MR) is 85.4 cm³/mol. The number of hydrogen-bond acceptors (Lipinski definition) is 5. The Balaban J connectivity index is 1.61. The molecule has 0 spiro atoms. The Morgan fingerprint density at radius 1 is 1.09 bits per heavy atom. The van der Waals surface area contributed by atoms with E-state index in [1.807, 2.05) is 24.4 Å². The monoisotopic (exact) mass is 293 g/mol. The van der Waals surface area contributed by atoms with E-state index in [1.54, 1.807) is 12.3 Å². The van der Waals surface area contributed by atoms with Crippen molar-refractivity contribution in [1.82, 2.24) is 14.9 Å². The number of piperazine rings is 1. The minimum absolute atomic E-state index is 0.336. The molecule has 2 aromatic heterocycles. The van der Waals surface area contributed by atoms with E-state index in [0.717, 1.165) is 37.6 Å². The Hall–Kier alpha value is -2.45. The molecule has 1 aliphatic heterocycles. The lowest BCUT2D eigenvalue weighted by Crippen LogP contribution is -2.47. The van der Waals surface area contributed by atoms with Gasteiger partial charge in [0, 0.05) is 38.4 Å². The van der Waals surface area contributed by atoms with Crippen molar-refractivity contribution in [1.29, 1.82) is 5.26 Å². The number of anilines is 1. The van der Waals surface area contributed by atoms with Crippen molar-refractivity contribution < 1.29 is 0 Å². The molecule has 0 amide bonds. The lowest BCUT2D eigenvalue weighted by Gasteiger charge is -2.38. The molecule has 0 bridgehead atoms. The number of pyridine rings is 2. The summed E-state index contributed by atoms with van der Waals surface area (Å²) < 4.78 is 0. The highest BCUT2D eigenvalue weighted by Crippen LogP contribution is 2.22. The van der Waals surface area contributed by atoms with Crippen molar-refractivity contribution in [2.45, 2.75) is 13.0 Å². The van der Waals surface area contributed by atoms with Crippen LogP contribution in [0.3, 0.4) is 0 Å². The van der Waals surface area contributed by atoms with Gasteiger partial charge in [0.2, 0.25) is 0 Å². The van der Waals surface area contributed by atoms with Crippen molar-refractivity contribution in [3.8, 4) is 6.07 Å². The Labute approximate surface area is 130 Å². The number of hydrogen-bond donors (Lipinski definition) is 0. The summed E-state index contributed by atoms with van der Waals surface area (Å²) in [4.78, 5) is 13.4. The second kappa shape index (κ2) is 6.54. The van der Waals surface area contributed by atoms with Gasteiger partial charge < -0.3 is 4.90 Å². The molecule has 5 nitrogen and oxygen atoms in total. The molecule has 5 heteroatoms. The second-order valence-electron chi connectivity index (χ2n) is 5.47. The summed E-state index contributed by atoms with van der Waals surface area (Å²) in [6.45, 7) is 6.13. The molecular weight excluding hydrogens is 274 g/mol. The SMILES string of the molecule is CC(c1ccccn1)N1CCN(c2ccc(C#N)nc2)CC1. The fourth-order valence-corrected chi connectivity index (χ4v) is 2.82. The molecule has 1 saturated heterocycles. The molecule has 112 valence electrons. The molecule has 1 atom stereocenters. The van der Waals surface area contributed by atoms with E-state index in [9.17, 15) is 0 Å². The van der Waals surface area contributed by atoms with Crippen molar-refractivity contribution in [3.63, 3.8) is 0 Å². The molecule has 3 heterocycles. The predicted octanol–water partition coefficient (Wildman–Crippen LogP) is 2.23. The number of nitriles is 1.